The Labute approximate surface area is 144 Å². The van der Waals surface area contributed by atoms with Gasteiger partial charge in [0.25, 0.3) is 0 Å². The van der Waals surface area contributed by atoms with E-state index in [1.165, 1.54) is 4.31 Å². The van der Waals surface area contributed by atoms with Gasteiger partial charge in [0.1, 0.15) is 0 Å². The second-order valence-electron chi connectivity index (χ2n) is 6.37. The number of nitrogens with one attached hydrogen (secondary N) is 1. The van der Waals surface area contributed by atoms with Gasteiger partial charge in [0.2, 0.25) is 15.9 Å². The first-order valence-corrected chi connectivity index (χ1v) is 9.77. The van der Waals surface area contributed by atoms with Crippen LogP contribution in [0, 0.1) is 5.92 Å². The quantitative estimate of drug-likeness (QED) is 0.809. The average molecular weight is 354 g/mol. The Balaban J connectivity index is 1.91. The maximum atomic E-state index is 12.5. The van der Waals surface area contributed by atoms with E-state index in [9.17, 15) is 13.2 Å². The molecule has 0 radical (unpaired) electrons. The summed E-state index contributed by atoms with van der Waals surface area (Å²) in [5.74, 6) is 0.522. The lowest BCUT2D eigenvalue weighted by molar-refractivity contribution is -0.121. The maximum Gasteiger partial charge on any atom is 0.243 e. The summed E-state index contributed by atoms with van der Waals surface area (Å²) < 4.78 is 31.7. The average Bonchev–Trinajstić information content (AvgIpc) is 2.59. The van der Waals surface area contributed by atoms with Gasteiger partial charge in [0.05, 0.1) is 18.1 Å². The summed E-state index contributed by atoms with van der Waals surface area (Å²) >= 11 is 0. The van der Waals surface area contributed by atoms with Crippen LogP contribution >= 0.6 is 0 Å². The molecule has 24 heavy (non-hydrogen) atoms. The van der Waals surface area contributed by atoms with Crippen LogP contribution in [0.4, 0.5) is 0 Å². The number of hydrogen-bond acceptors (Lipinski definition) is 4. The summed E-state index contributed by atoms with van der Waals surface area (Å²) in [5, 5.41) is 2.86. The standard InChI is InChI=1S/C17H26N2O4S/c1-14(2)3-8-17(20)18-13-15-4-6-16(7-5-15)24(21,22)19-9-11-23-12-10-19/h4-7,14H,3,8-13H2,1-2H3,(H,18,20). The third-order valence-corrected chi connectivity index (χ3v) is 5.88. The van der Waals surface area contributed by atoms with Gasteiger partial charge in [-0.3, -0.25) is 4.79 Å². The smallest absolute Gasteiger partial charge is 0.243 e. The molecule has 7 heteroatoms. The lowest BCUT2D eigenvalue weighted by Gasteiger charge is -2.26. The Morgan fingerprint density at radius 2 is 1.83 bits per heavy atom. The number of amides is 1. The number of benzene rings is 1. The van der Waals surface area contributed by atoms with Gasteiger partial charge in [0, 0.05) is 26.1 Å². The number of nitrogens with zero attached hydrogens (tertiary/aromatic N) is 1. The summed E-state index contributed by atoms with van der Waals surface area (Å²) in [6, 6.07) is 6.69. The highest BCUT2D eigenvalue weighted by molar-refractivity contribution is 7.89. The molecule has 0 aromatic heterocycles. The van der Waals surface area contributed by atoms with Gasteiger partial charge in [-0.1, -0.05) is 26.0 Å². The van der Waals surface area contributed by atoms with Crippen molar-refractivity contribution in [3.63, 3.8) is 0 Å². The van der Waals surface area contributed by atoms with E-state index in [1.54, 1.807) is 24.3 Å². The van der Waals surface area contributed by atoms with E-state index in [2.05, 4.69) is 19.2 Å². The third kappa shape index (κ3) is 5.29. The summed E-state index contributed by atoms with van der Waals surface area (Å²) in [5.41, 5.74) is 0.883. The predicted octanol–water partition coefficient (Wildman–Crippen LogP) is 1.76. The SMILES string of the molecule is CC(C)CCC(=O)NCc1ccc(S(=O)(=O)N2CCOCC2)cc1. The zero-order valence-corrected chi connectivity index (χ0v) is 15.1. The van der Waals surface area contributed by atoms with E-state index in [1.807, 2.05) is 0 Å². The maximum absolute atomic E-state index is 12.5. The predicted molar refractivity (Wildman–Crippen MR) is 91.9 cm³/mol. The van der Waals surface area contributed by atoms with Crippen LogP contribution in [0.5, 0.6) is 0 Å². The highest BCUT2D eigenvalue weighted by atomic mass is 32.2. The van der Waals surface area contributed by atoms with Crippen molar-refractivity contribution in [3.8, 4) is 0 Å². The van der Waals surface area contributed by atoms with Crippen LogP contribution in [-0.2, 0) is 26.1 Å². The van der Waals surface area contributed by atoms with Crippen LogP contribution in [0.25, 0.3) is 0 Å². The van der Waals surface area contributed by atoms with E-state index < -0.39 is 10.0 Å². The van der Waals surface area contributed by atoms with Gasteiger partial charge in [0.15, 0.2) is 0 Å². The summed E-state index contributed by atoms with van der Waals surface area (Å²) in [6.07, 6.45) is 1.38. The van der Waals surface area contributed by atoms with Crippen molar-refractivity contribution in [1.82, 2.24) is 9.62 Å². The molecule has 1 heterocycles. The number of sulfonamides is 1. The van der Waals surface area contributed by atoms with Gasteiger partial charge in [-0.25, -0.2) is 8.42 Å². The third-order valence-electron chi connectivity index (χ3n) is 3.97. The first-order valence-electron chi connectivity index (χ1n) is 8.33. The molecule has 0 unspecified atom stereocenters. The molecule has 1 aromatic rings. The molecule has 0 atom stereocenters. The van der Waals surface area contributed by atoms with E-state index in [-0.39, 0.29) is 10.8 Å². The molecule has 0 aliphatic carbocycles. The first kappa shape index (κ1) is 18.9. The molecule has 1 aliphatic rings. The highest BCUT2D eigenvalue weighted by Gasteiger charge is 2.25. The molecule has 1 aromatic carbocycles. The monoisotopic (exact) mass is 354 g/mol. The highest BCUT2D eigenvalue weighted by Crippen LogP contribution is 2.17. The molecule has 1 amide bonds. The second kappa shape index (κ2) is 8.60. The number of morpholine rings is 1. The Morgan fingerprint density at radius 3 is 2.42 bits per heavy atom. The molecule has 1 aliphatic heterocycles. The minimum Gasteiger partial charge on any atom is -0.379 e. The molecule has 0 bridgehead atoms. The molecule has 1 saturated heterocycles. The van der Waals surface area contributed by atoms with Gasteiger partial charge < -0.3 is 10.1 Å². The van der Waals surface area contributed by atoms with Crippen molar-refractivity contribution in [2.75, 3.05) is 26.3 Å². The lowest BCUT2D eigenvalue weighted by atomic mass is 10.1. The fourth-order valence-corrected chi connectivity index (χ4v) is 3.83. The molecular formula is C17H26N2O4S. The second-order valence-corrected chi connectivity index (χ2v) is 8.31. The zero-order valence-electron chi connectivity index (χ0n) is 14.3. The lowest BCUT2D eigenvalue weighted by Crippen LogP contribution is -2.40. The van der Waals surface area contributed by atoms with Crippen LogP contribution in [0.1, 0.15) is 32.3 Å². The number of carbonyl (C=O) groups excluding carboxylic acids is 1. The van der Waals surface area contributed by atoms with E-state index in [0.717, 1.165) is 12.0 Å². The fraction of sp³-hybridized carbons (Fsp3) is 0.588. The van der Waals surface area contributed by atoms with Crippen LogP contribution in [-0.4, -0.2) is 44.9 Å². The van der Waals surface area contributed by atoms with E-state index >= 15 is 0 Å². The zero-order chi connectivity index (χ0) is 17.6. The van der Waals surface area contributed by atoms with Crippen LogP contribution < -0.4 is 5.32 Å². The number of rotatable bonds is 7. The van der Waals surface area contributed by atoms with Crippen molar-refractivity contribution in [2.24, 2.45) is 5.92 Å². The molecule has 1 fully saturated rings. The minimum atomic E-state index is -3.46. The van der Waals surface area contributed by atoms with E-state index in [4.69, 9.17) is 4.74 Å². The molecular weight excluding hydrogens is 328 g/mol. The van der Waals surface area contributed by atoms with Crippen molar-refractivity contribution in [3.05, 3.63) is 29.8 Å². The van der Waals surface area contributed by atoms with Gasteiger partial charge >= 0.3 is 0 Å². The van der Waals surface area contributed by atoms with Gasteiger partial charge in [-0.2, -0.15) is 4.31 Å². The molecule has 134 valence electrons. The molecule has 0 spiro atoms. The Bertz CT molecular complexity index is 635. The van der Waals surface area contributed by atoms with Crippen LogP contribution in [0.2, 0.25) is 0 Å². The largest absolute Gasteiger partial charge is 0.379 e. The fourth-order valence-electron chi connectivity index (χ4n) is 2.42. The van der Waals surface area contributed by atoms with Crippen molar-refractivity contribution < 1.29 is 17.9 Å². The van der Waals surface area contributed by atoms with Crippen LogP contribution in [0.15, 0.2) is 29.2 Å². The summed E-state index contributed by atoms with van der Waals surface area (Å²) in [4.78, 5) is 12.0. The van der Waals surface area contributed by atoms with Crippen molar-refractivity contribution in [1.29, 1.82) is 0 Å². The number of carbonyl (C=O) groups is 1. The Morgan fingerprint density at radius 1 is 1.21 bits per heavy atom. The van der Waals surface area contributed by atoms with Gasteiger partial charge in [-0.05, 0) is 30.0 Å². The normalized spacial score (nSPS) is 16.3. The van der Waals surface area contributed by atoms with E-state index in [0.29, 0.717) is 45.2 Å². The molecule has 1 N–H and O–H groups in total. The number of hydrogen-bond donors (Lipinski definition) is 1. The van der Waals surface area contributed by atoms with Crippen LogP contribution in [0.3, 0.4) is 0 Å². The first-order chi connectivity index (χ1) is 11.4. The summed E-state index contributed by atoms with van der Waals surface area (Å²) in [7, 11) is -3.46. The Hall–Kier alpha value is -1.44. The number of ether oxygens (including phenoxy) is 1. The Kier molecular flexibility index (Phi) is 6.77. The minimum absolute atomic E-state index is 0.0220. The molecule has 2 rings (SSSR count). The van der Waals surface area contributed by atoms with Gasteiger partial charge in [-0.15, -0.1) is 0 Å². The topological polar surface area (TPSA) is 75.7 Å². The molecule has 0 saturated carbocycles. The van der Waals surface area contributed by atoms with Crippen molar-refractivity contribution >= 4 is 15.9 Å². The molecule has 6 nitrogen and oxygen atoms in total. The summed E-state index contributed by atoms with van der Waals surface area (Å²) in [6.45, 7) is 6.21. The van der Waals surface area contributed by atoms with Crippen molar-refractivity contribution in [2.45, 2.75) is 38.1 Å².